The molecule has 8 atom stereocenters. The number of rotatable bonds is 16. The molecular formula is C59H71FN10O7S. The molecule has 5 aliphatic rings. The summed E-state index contributed by atoms with van der Waals surface area (Å²) in [7, 11) is 0. The van der Waals surface area contributed by atoms with E-state index in [4.69, 9.17) is 24.4 Å². The number of halogens is 1. The number of pyridine rings is 1. The van der Waals surface area contributed by atoms with Crippen LogP contribution in [0.25, 0.3) is 43.4 Å². The largest absolute Gasteiger partial charge is 0.508 e. The Labute approximate surface area is 458 Å². The van der Waals surface area contributed by atoms with Crippen molar-refractivity contribution in [3.8, 4) is 33.5 Å². The number of phenols is 1. The van der Waals surface area contributed by atoms with Crippen LogP contribution in [0.2, 0.25) is 0 Å². The van der Waals surface area contributed by atoms with Crippen LogP contribution in [0.1, 0.15) is 102 Å². The molecule has 412 valence electrons. The van der Waals surface area contributed by atoms with Crippen molar-refractivity contribution >= 4 is 56.6 Å². The van der Waals surface area contributed by atoms with Crippen LogP contribution in [-0.2, 0) is 25.5 Å². The lowest BCUT2D eigenvalue weighted by atomic mass is 9.85. The molecule has 0 aliphatic carbocycles. The van der Waals surface area contributed by atoms with Gasteiger partial charge in [0.05, 0.1) is 45.8 Å². The predicted octanol–water partition coefficient (Wildman–Crippen LogP) is 7.39. The van der Waals surface area contributed by atoms with E-state index in [1.165, 1.54) is 4.90 Å². The lowest BCUT2D eigenvalue weighted by Crippen LogP contribution is -2.58. The number of ether oxygens (including phenoxy) is 2. The zero-order valence-corrected chi connectivity index (χ0v) is 46.2. The van der Waals surface area contributed by atoms with Crippen LogP contribution in [-0.4, -0.2) is 146 Å². The number of piperazine rings is 1. The fourth-order valence-electron chi connectivity index (χ4n) is 13.0. The molecule has 2 bridgehead atoms. The number of likely N-dealkylation sites (tertiary alicyclic amines) is 1. The Hall–Kier alpha value is -6.38. The number of aromatic hydroxyl groups is 1. The molecular weight excluding hydrogens is 1010 g/mol. The van der Waals surface area contributed by atoms with E-state index < -0.39 is 41.2 Å². The smallest absolute Gasteiger partial charge is 0.319 e. The van der Waals surface area contributed by atoms with Crippen LogP contribution in [0.3, 0.4) is 0 Å². The van der Waals surface area contributed by atoms with Crippen LogP contribution >= 0.6 is 11.3 Å². The zero-order chi connectivity index (χ0) is 54.6. The third kappa shape index (κ3) is 10.5. The molecule has 0 radical (unpaired) electrons. The van der Waals surface area contributed by atoms with E-state index in [0.717, 1.165) is 83.1 Å². The van der Waals surface area contributed by atoms with Gasteiger partial charge in [0.1, 0.15) is 48.1 Å². The molecule has 11 rings (SSSR count). The van der Waals surface area contributed by atoms with E-state index in [0.29, 0.717) is 48.4 Å². The SMILES string of the molecule is CCc1cccc2cc(O)cc(-c3ncc4c(N5CC6CCC(C5)N6)nc(OC[C@]56CCCN5[C@@H](COCC(=O)N[C@H](C(=O)N5C[C@H](O)C[C@H]5C(=O)N[C@@H](C)c5ccc(-c7scnc7C)cc5)C(C)(C)C)CC6)nc4c3F)c12. The number of anilines is 1. The van der Waals surface area contributed by atoms with Crippen molar-refractivity contribution in [3.05, 3.63) is 88.9 Å². The number of benzene rings is 3. The molecule has 17 nitrogen and oxygen atoms in total. The summed E-state index contributed by atoms with van der Waals surface area (Å²) in [4.78, 5) is 68.0. The minimum atomic E-state index is -0.999. The number of carbonyl (C=O) groups excluding carboxylic acids is 3. The minimum absolute atomic E-state index is 0.00210. The molecule has 19 heteroatoms. The van der Waals surface area contributed by atoms with Crippen molar-refractivity contribution in [2.45, 2.75) is 141 Å². The molecule has 0 spiro atoms. The van der Waals surface area contributed by atoms with Crippen LogP contribution < -0.4 is 25.6 Å². The van der Waals surface area contributed by atoms with Gasteiger partial charge in [-0.15, -0.1) is 11.3 Å². The number of thiazole rings is 1. The summed E-state index contributed by atoms with van der Waals surface area (Å²) >= 11 is 1.57. The van der Waals surface area contributed by atoms with Crippen LogP contribution in [0.15, 0.2) is 66.3 Å². The third-order valence-corrected chi connectivity index (χ3v) is 17.9. The number of phenolic OH excluding ortho intramolecular Hbond substituents is 1. The van der Waals surface area contributed by atoms with E-state index in [9.17, 15) is 24.6 Å². The minimum Gasteiger partial charge on any atom is -0.508 e. The van der Waals surface area contributed by atoms with E-state index in [1.807, 2.05) is 82.6 Å². The highest BCUT2D eigenvalue weighted by Gasteiger charge is 2.50. The average Bonchev–Trinajstić information content (AvgIpc) is 4.30. The highest BCUT2D eigenvalue weighted by Crippen LogP contribution is 2.44. The number of nitrogens with one attached hydrogen (secondary N) is 3. The number of aromatic nitrogens is 4. The van der Waals surface area contributed by atoms with Crippen molar-refractivity contribution in [1.82, 2.24) is 45.7 Å². The summed E-state index contributed by atoms with van der Waals surface area (Å²) < 4.78 is 30.1. The molecule has 0 saturated carbocycles. The zero-order valence-electron chi connectivity index (χ0n) is 45.4. The number of β-amino-alcohol motifs (C(OH)–C–C–N with tert-alkyl or cyclic N) is 1. The van der Waals surface area contributed by atoms with Crippen LogP contribution in [0.4, 0.5) is 10.2 Å². The average molecular weight is 1080 g/mol. The van der Waals surface area contributed by atoms with Crippen molar-refractivity contribution in [1.29, 1.82) is 0 Å². The van der Waals surface area contributed by atoms with Gasteiger partial charge in [-0.3, -0.25) is 24.3 Å². The molecule has 3 aromatic carbocycles. The van der Waals surface area contributed by atoms with Gasteiger partial charge in [0.15, 0.2) is 5.82 Å². The van der Waals surface area contributed by atoms with Gasteiger partial charge in [0.25, 0.3) is 0 Å². The van der Waals surface area contributed by atoms with E-state index in [-0.39, 0.29) is 79.3 Å². The number of hydrogen-bond donors (Lipinski definition) is 5. The standard InChI is InChI=1S/C59H71FN10O7S/c1-7-35-10-8-11-38-22-42(71)23-44(48(35)38)50-49(60)51-45(25-61-50)54(68-26-39-16-17-40(27-68)64-39)67-57(66-51)77-31-59-19-9-21-70(59)41(18-20-59)29-76-30-47(73)65-53(58(4,5)6)56(75)69-28-43(72)24-46(69)55(74)63-33(2)36-12-14-37(15-13-36)52-34(3)62-32-78-52/h8,10-15,22-23,25,32-33,39-41,43,46,53,64,71-72H,7,9,16-21,24,26-31H2,1-6H3,(H,63,74)(H,65,73)/t33-,39?,40?,41+,43+,46-,53+,59+/m0/s1. The van der Waals surface area contributed by atoms with Gasteiger partial charge in [0.2, 0.25) is 17.7 Å². The number of carbonyl (C=O) groups is 3. The quantitative estimate of drug-likeness (QED) is 0.0641. The Bertz CT molecular complexity index is 3230. The fraction of sp³-hybridized carbons (Fsp3) is 0.508. The van der Waals surface area contributed by atoms with Crippen LogP contribution in [0.5, 0.6) is 11.8 Å². The summed E-state index contributed by atoms with van der Waals surface area (Å²) in [6, 6.07) is 15.5. The Kier molecular flexibility index (Phi) is 14.9. The maximum absolute atomic E-state index is 17.3. The Morgan fingerprint density at radius 3 is 2.51 bits per heavy atom. The Morgan fingerprint density at radius 1 is 1.00 bits per heavy atom. The molecule has 5 saturated heterocycles. The number of aliphatic hydroxyl groups excluding tert-OH is 1. The first-order valence-corrected chi connectivity index (χ1v) is 28.5. The third-order valence-electron chi connectivity index (χ3n) is 17.0. The highest BCUT2D eigenvalue weighted by molar-refractivity contribution is 7.13. The predicted molar refractivity (Wildman–Crippen MR) is 298 cm³/mol. The van der Waals surface area contributed by atoms with Crippen LogP contribution in [0, 0.1) is 18.2 Å². The monoisotopic (exact) mass is 1080 g/mol. The topological polar surface area (TPSA) is 208 Å². The molecule has 78 heavy (non-hydrogen) atoms. The first-order chi connectivity index (χ1) is 37.5. The Morgan fingerprint density at radius 2 is 1.78 bits per heavy atom. The first kappa shape index (κ1) is 53.6. The maximum atomic E-state index is 17.3. The van der Waals surface area contributed by atoms with Crippen molar-refractivity contribution in [2.75, 3.05) is 50.9 Å². The summed E-state index contributed by atoms with van der Waals surface area (Å²) in [6.45, 7) is 14.0. The summed E-state index contributed by atoms with van der Waals surface area (Å²) in [5, 5.41) is 33.4. The lowest BCUT2D eigenvalue weighted by Gasteiger charge is -2.36. The number of fused-ring (bicyclic) bond motifs is 5. The summed E-state index contributed by atoms with van der Waals surface area (Å²) in [5.41, 5.74) is 5.35. The number of nitrogens with zero attached hydrogens (tertiary/aromatic N) is 7. The molecule has 5 N–H and O–H groups in total. The van der Waals surface area contributed by atoms with Gasteiger partial charge in [-0.1, -0.05) is 70.2 Å². The van der Waals surface area contributed by atoms with Crippen molar-refractivity contribution in [3.63, 3.8) is 0 Å². The number of amides is 3. The molecule has 5 fully saturated rings. The number of aryl methyl sites for hydroxylation is 2. The molecule has 5 aliphatic heterocycles. The number of aliphatic hydroxyl groups is 1. The van der Waals surface area contributed by atoms with Gasteiger partial charge in [-0.05, 0) is 110 Å². The van der Waals surface area contributed by atoms with Gasteiger partial charge < -0.3 is 45.4 Å². The van der Waals surface area contributed by atoms with Gasteiger partial charge >= 0.3 is 6.01 Å². The number of hydrogen-bond acceptors (Lipinski definition) is 15. The summed E-state index contributed by atoms with van der Waals surface area (Å²) in [6.07, 6.45) is 7.09. The second-order valence-corrected chi connectivity index (χ2v) is 24.2. The fourth-order valence-corrected chi connectivity index (χ4v) is 13.8. The normalized spacial score (nSPS) is 24.0. The molecule has 8 heterocycles. The van der Waals surface area contributed by atoms with Crippen molar-refractivity contribution in [2.24, 2.45) is 5.41 Å². The molecule has 3 amide bonds. The van der Waals surface area contributed by atoms with E-state index in [2.05, 4.69) is 37.7 Å². The molecule has 6 aromatic rings. The maximum Gasteiger partial charge on any atom is 0.319 e. The van der Waals surface area contributed by atoms with Gasteiger partial charge in [0, 0.05) is 55.9 Å². The summed E-state index contributed by atoms with van der Waals surface area (Å²) in [5.74, 6) is -1.28. The molecule has 2 unspecified atom stereocenters. The van der Waals surface area contributed by atoms with E-state index >= 15 is 4.39 Å². The van der Waals surface area contributed by atoms with Gasteiger partial charge in [-0.2, -0.15) is 9.97 Å². The highest BCUT2D eigenvalue weighted by atomic mass is 32.1. The van der Waals surface area contributed by atoms with E-state index in [1.54, 1.807) is 29.7 Å². The second kappa shape index (κ2) is 21.7. The molecule has 3 aromatic heterocycles. The first-order valence-electron chi connectivity index (χ1n) is 27.6. The Balaban J connectivity index is 0.747. The van der Waals surface area contributed by atoms with Gasteiger partial charge in [-0.25, -0.2) is 9.37 Å². The lowest BCUT2D eigenvalue weighted by molar-refractivity contribution is -0.144. The second-order valence-electron chi connectivity index (χ2n) is 23.3. The van der Waals surface area contributed by atoms with Crippen molar-refractivity contribution < 1.29 is 38.5 Å².